The summed E-state index contributed by atoms with van der Waals surface area (Å²) in [5.74, 6) is 0.462. The third-order valence-corrected chi connectivity index (χ3v) is 6.94. The number of nitrogens with one attached hydrogen (secondary N) is 1. The summed E-state index contributed by atoms with van der Waals surface area (Å²) in [6.45, 7) is 0.317. The number of ether oxygens (including phenoxy) is 1. The van der Waals surface area contributed by atoms with E-state index in [0.717, 1.165) is 40.4 Å². The SMILES string of the molecule is O=C1N/C(=C\c2ccc(OCc3ccc(Cl)cc3Cl)c(I)c2)C(=O)N1C1CCCCC1. The Morgan fingerprint density at radius 3 is 2.58 bits per heavy atom. The summed E-state index contributed by atoms with van der Waals surface area (Å²) in [5.41, 5.74) is 1.97. The zero-order valence-corrected chi connectivity index (χ0v) is 20.3. The molecule has 3 amide bonds. The lowest BCUT2D eigenvalue weighted by atomic mass is 9.94. The Balaban J connectivity index is 1.45. The number of carbonyl (C=O) groups is 2. The van der Waals surface area contributed by atoms with Crippen molar-refractivity contribution in [2.75, 3.05) is 0 Å². The van der Waals surface area contributed by atoms with Crippen molar-refractivity contribution in [3.8, 4) is 5.75 Å². The molecule has 2 aliphatic rings. The Bertz CT molecular complexity index is 1050. The first-order chi connectivity index (χ1) is 14.9. The van der Waals surface area contributed by atoms with Crippen LogP contribution in [0.5, 0.6) is 5.75 Å². The van der Waals surface area contributed by atoms with Crippen LogP contribution < -0.4 is 10.1 Å². The van der Waals surface area contributed by atoms with Gasteiger partial charge in [0.05, 0.1) is 3.57 Å². The molecule has 1 heterocycles. The van der Waals surface area contributed by atoms with E-state index in [2.05, 4.69) is 27.9 Å². The number of carbonyl (C=O) groups excluding carboxylic acids is 2. The molecule has 8 heteroatoms. The molecule has 0 spiro atoms. The third kappa shape index (κ3) is 5.18. The standard InChI is InChI=1S/C23H21Cl2IN2O3/c24-16-8-7-15(18(25)12-16)13-31-21-9-6-14(10-19(21)26)11-20-22(29)28(23(30)27-20)17-4-2-1-3-5-17/h6-12,17H,1-5,13H2,(H,27,30)/b20-11-. The van der Waals surface area contributed by atoms with Crippen molar-refractivity contribution in [3.05, 3.63) is 66.8 Å². The fourth-order valence-corrected chi connectivity index (χ4v) is 5.06. The summed E-state index contributed by atoms with van der Waals surface area (Å²) in [6.07, 6.45) is 6.76. The zero-order valence-electron chi connectivity index (χ0n) is 16.7. The Kier molecular flexibility index (Phi) is 7.08. The van der Waals surface area contributed by atoms with Crippen LogP contribution in [0.1, 0.15) is 43.2 Å². The van der Waals surface area contributed by atoms with Gasteiger partial charge in [-0.15, -0.1) is 0 Å². The van der Waals surface area contributed by atoms with Crippen LogP contribution in [-0.4, -0.2) is 22.9 Å². The molecule has 162 valence electrons. The summed E-state index contributed by atoms with van der Waals surface area (Å²) in [6, 6.07) is 10.6. The summed E-state index contributed by atoms with van der Waals surface area (Å²) in [5, 5.41) is 3.87. The molecule has 0 atom stereocenters. The van der Waals surface area contributed by atoms with E-state index in [9.17, 15) is 9.59 Å². The van der Waals surface area contributed by atoms with Gasteiger partial charge in [-0.1, -0.05) is 54.6 Å². The number of urea groups is 1. The summed E-state index contributed by atoms with van der Waals surface area (Å²) >= 11 is 14.3. The first-order valence-corrected chi connectivity index (χ1v) is 12.0. The van der Waals surface area contributed by atoms with E-state index in [1.165, 1.54) is 11.3 Å². The maximum Gasteiger partial charge on any atom is 0.329 e. The van der Waals surface area contributed by atoms with Gasteiger partial charge in [0.15, 0.2) is 0 Å². The predicted molar refractivity (Wildman–Crippen MR) is 130 cm³/mol. The van der Waals surface area contributed by atoms with Gasteiger partial charge in [-0.05, 0) is 71.3 Å². The second-order valence-electron chi connectivity index (χ2n) is 7.67. The van der Waals surface area contributed by atoms with Crippen molar-refractivity contribution in [3.63, 3.8) is 0 Å². The highest BCUT2D eigenvalue weighted by atomic mass is 127. The monoisotopic (exact) mass is 570 g/mol. The van der Waals surface area contributed by atoms with Crippen molar-refractivity contribution in [1.29, 1.82) is 0 Å². The Morgan fingerprint density at radius 2 is 1.87 bits per heavy atom. The fraction of sp³-hybridized carbons (Fsp3) is 0.304. The lowest BCUT2D eigenvalue weighted by Gasteiger charge is -2.28. The highest BCUT2D eigenvalue weighted by molar-refractivity contribution is 14.1. The molecule has 1 saturated carbocycles. The maximum absolute atomic E-state index is 12.8. The van der Waals surface area contributed by atoms with Crippen LogP contribution in [0.3, 0.4) is 0 Å². The average Bonchev–Trinajstić information content (AvgIpc) is 3.02. The highest BCUT2D eigenvalue weighted by Gasteiger charge is 2.38. The minimum Gasteiger partial charge on any atom is -0.488 e. The summed E-state index contributed by atoms with van der Waals surface area (Å²) in [7, 11) is 0. The lowest BCUT2D eigenvalue weighted by molar-refractivity contribution is -0.124. The van der Waals surface area contributed by atoms with E-state index in [4.69, 9.17) is 27.9 Å². The van der Waals surface area contributed by atoms with Crippen LogP contribution in [0, 0.1) is 3.57 Å². The predicted octanol–water partition coefficient (Wildman–Crippen LogP) is 6.40. The van der Waals surface area contributed by atoms with Gasteiger partial charge in [0.2, 0.25) is 0 Å². The molecule has 0 aromatic heterocycles. The Labute approximate surface area is 204 Å². The maximum atomic E-state index is 12.8. The van der Waals surface area contributed by atoms with E-state index in [1.54, 1.807) is 18.2 Å². The van der Waals surface area contributed by atoms with E-state index in [1.807, 2.05) is 24.3 Å². The Hall–Kier alpha value is -1.77. The minimum absolute atomic E-state index is 0.00255. The van der Waals surface area contributed by atoms with Crippen LogP contribution in [0.25, 0.3) is 6.08 Å². The molecule has 2 fully saturated rings. The molecule has 2 aromatic carbocycles. The first kappa shape index (κ1) is 22.4. The molecule has 0 unspecified atom stereocenters. The van der Waals surface area contributed by atoms with Gasteiger partial charge < -0.3 is 10.1 Å². The summed E-state index contributed by atoms with van der Waals surface area (Å²) in [4.78, 5) is 26.6. The zero-order chi connectivity index (χ0) is 22.0. The van der Waals surface area contributed by atoms with Crippen LogP contribution in [0.4, 0.5) is 4.79 Å². The molecule has 4 rings (SSSR count). The largest absolute Gasteiger partial charge is 0.488 e. The number of hydrogen-bond donors (Lipinski definition) is 1. The van der Waals surface area contributed by atoms with Crippen LogP contribution in [0.2, 0.25) is 10.0 Å². The molecule has 0 bridgehead atoms. The lowest BCUT2D eigenvalue weighted by Crippen LogP contribution is -2.41. The number of amides is 3. The summed E-state index contributed by atoms with van der Waals surface area (Å²) < 4.78 is 6.79. The topological polar surface area (TPSA) is 58.6 Å². The van der Waals surface area contributed by atoms with Gasteiger partial charge in [0.1, 0.15) is 18.1 Å². The van der Waals surface area contributed by atoms with E-state index in [-0.39, 0.29) is 18.0 Å². The normalized spacial score (nSPS) is 18.5. The van der Waals surface area contributed by atoms with Crippen LogP contribution >= 0.6 is 45.8 Å². The average molecular weight is 571 g/mol. The smallest absolute Gasteiger partial charge is 0.329 e. The van der Waals surface area contributed by atoms with E-state index < -0.39 is 0 Å². The fourth-order valence-electron chi connectivity index (χ4n) is 3.90. The molecular formula is C23H21Cl2IN2O3. The van der Waals surface area contributed by atoms with Gasteiger partial charge in [-0.25, -0.2) is 4.79 Å². The van der Waals surface area contributed by atoms with Gasteiger partial charge in [-0.3, -0.25) is 9.69 Å². The van der Waals surface area contributed by atoms with E-state index in [0.29, 0.717) is 28.1 Å². The van der Waals surface area contributed by atoms with Gasteiger partial charge >= 0.3 is 6.03 Å². The van der Waals surface area contributed by atoms with Crippen LogP contribution in [-0.2, 0) is 11.4 Å². The van der Waals surface area contributed by atoms with Crippen molar-refractivity contribution in [2.24, 2.45) is 0 Å². The number of benzene rings is 2. The molecule has 2 aromatic rings. The number of rotatable bonds is 5. The number of hydrogen-bond acceptors (Lipinski definition) is 3. The van der Waals surface area contributed by atoms with Crippen LogP contribution in [0.15, 0.2) is 42.1 Å². The molecule has 0 radical (unpaired) electrons. The first-order valence-electron chi connectivity index (χ1n) is 10.1. The number of imide groups is 1. The number of halogens is 3. The minimum atomic E-state index is -0.322. The van der Waals surface area contributed by atoms with Gasteiger partial charge in [0.25, 0.3) is 5.91 Å². The molecule has 1 aliphatic heterocycles. The van der Waals surface area contributed by atoms with Crippen molar-refractivity contribution in [1.82, 2.24) is 10.2 Å². The Morgan fingerprint density at radius 1 is 1.10 bits per heavy atom. The molecule has 5 nitrogen and oxygen atoms in total. The number of nitrogens with zero attached hydrogens (tertiary/aromatic N) is 1. The second-order valence-corrected chi connectivity index (χ2v) is 9.68. The highest BCUT2D eigenvalue weighted by Crippen LogP contribution is 2.29. The second kappa shape index (κ2) is 9.79. The molecule has 1 N–H and O–H groups in total. The molecule has 1 saturated heterocycles. The van der Waals surface area contributed by atoms with Gasteiger partial charge in [-0.2, -0.15) is 0 Å². The molecule has 1 aliphatic carbocycles. The van der Waals surface area contributed by atoms with E-state index >= 15 is 0 Å². The van der Waals surface area contributed by atoms with Crippen molar-refractivity contribution in [2.45, 2.75) is 44.8 Å². The van der Waals surface area contributed by atoms with Gasteiger partial charge in [0, 0.05) is 21.7 Å². The molecular weight excluding hydrogens is 550 g/mol. The van der Waals surface area contributed by atoms with Crippen molar-refractivity contribution < 1.29 is 14.3 Å². The third-order valence-electron chi connectivity index (χ3n) is 5.51. The quantitative estimate of drug-likeness (QED) is 0.257. The van der Waals surface area contributed by atoms with Crippen molar-refractivity contribution >= 4 is 63.8 Å². The molecule has 31 heavy (non-hydrogen) atoms.